The number of nitrogens with one attached hydrogen (secondary N) is 1. The molecule has 2 atom stereocenters. The normalized spacial score (nSPS) is 22.1. The number of rotatable bonds is 8. The molecule has 5 rings (SSSR count). The number of hydrogen-bond acceptors (Lipinski definition) is 8. The Hall–Kier alpha value is -2.99. The molecule has 0 aliphatic carbocycles. The van der Waals surface area contributed by atoms with E-state index in [0.29, 0.717) is 68.5 Å². The molecule has 2 unspecified atom stereocenters. The lowest BCUT2D eigenvalue weighted by Gasteiger charge is -2.33. The van der Waals surface area contributed by atoms with Crippen molar-refractivity contribution in [1.29, 1.82) is 0 Å². The number of thiophene rings is 1. The summed E-state index contributed by atoms with van der Waals surface area (Å²) in [4.78, 5) is 49.6. The van der Waals surface area contributed by atoms with Crippen molar-refractivity contribution in [1.82, 2.24) is 24.9 Å². The van der Waals surface area contributed by atoms with Crippen LogP contribution in [0.1, 0.15) is 26.5 Å². The Labute approximate surface area is 233 Å². The lowest BCUT2D eigenvalue weighted by Crippen LogP contribution is -2.53. The molecule has 0 spiro atoms. The van der Waals surface area contributed by atoms with Gasteiger partial charge in [-0.2, -0.15) is 0 Å². The lowest BCUT2D eigenvalue weighted by molar-refractivity contribution is -0.135. The first-order valence-corrected chi connectivity index (χ1v) is 14.5. The number of carbonyl (C=O) groups is 3. The number of amides is 3. The lowest BCUT2D eigenvalue weighted by atomic mass is 10.1. The standard InChI is InChI=1S/C28H37N5O5S/c1-37-23-6-4-21(5-7-23)26(34)32(13-12-30-14-16-38-17-15-30)22-19-24(27(35)31-10-8-29-9-11-31)33(20-22)28(36)25-3-2-18-39-25/h2-7,18,22,24,29H,8-17,19-20H2,1H3. The second-order valence-corrected chi connectivity index (χ2v) is 11.0. The first kappa shape index (κ1) is 27.6. The van der Waals surface area contributed by atoms with Crippen LogP contribution in [0, 0.1) is 0 Å². The Morgan fingerprint density at radius 1 is 1.08 bits per heavy atom. The zero-order valence-corrected chi connectivity index (χ0v) is 23.2. The third-order valence-corrected chi connectivity index (χ3v) is 8.64. The Kier molecular flexibility index (Phi) is 9.13. The van der Waals surface area contributed by atoms with Gasteiger partial charge in [0.1, 0.15) is 11.8 Å². The summed E-state index contributed by atoms with van der Waals surface area (Å²) in [7, 11) is 1.60. The maximum atomic E-state index is 13.9. The van der Waals surface area contributed by atoms with Crippen molar-refractivity contribution in [3.8, 4) is 5.75 Å². The topological polar surface area (TPSA) is 94.7 Å². The van der Waals surface area contributed by atoms with Crippen LogP contribution in [0.15, 0.2) is 41.8 Å². The number of ether oxygens (including phenoxy) is 2. The van der Waals surface area contributed by atoms with E-state index in [1.54, 1.807) is 42.3 Å². The molecule has 1 N–H and O–H groups in total. The number of carbonyl (C=O) groups excluding carboxylic acids is 3. The van der Waals surface area contributed by atoms with Crippen molar-refractivity contribution in [3.05, 3.63) is 52.2 Å². The van der Waals surface area contributed by atoms with E-state index in [1.807, 2.05) is 21.2 Å². The van der Waals surface area contributed by atoms with Gasteiger partial charge >= 0.3 is 0 Å². The Balaban J connectivity index is 1.40. The van der Waals surface area contributed by atoms with Gasteiger partial charge in [0.2, 0.25) is 5.91 Å². The molecular formula is C28H37N5O5S. The van der Waals surface area contributed by atoms with E-state index in [1.165, 1.54) is 11.3 Å². The van der Waals surface area contributed by atoms with Crippen LogP contribution in [-0.4, -0.2) is 129 Å². The fraction of sp³-hybridized carbons (Fsp3) is 0.536. The summed E-state index contributed by atoms with van der Waals surface area (Å²) in [5.41, 5.74) is 0.561. The fourth-order valence-corrected chi connectivity index (χ4v) is 6.24. The van der Waals surface area contributed by atoms with Crippen molar-refractivity contribution in [2.45, 2.75) is 18.5 Å². The zero-order valence-electron chi connectivity index (χ0n) is 22.4. The molecule has 3 aliphatic heterocycles. The van der Waals surface area contributed by atoms with Gasteiger partial charge < -0.3 is 29.5 Å². The van der Waals surface area contributed by atoms with Gasteiger partial charge in [0.05, 0.1) is 31.2 Å². The molecule has 10 nitrogen and oxygen atoms in total. The molecule has 0 radical (unpaired) electrons. The predicted molar refractivity (Wildman–Crippen MR) is 148 cm³/mol. The van der Waals surface area contributed by atoms with E-state index in [4.69, 9.17) is 9.47 Å². The average molecular weight is 556 g/mol. The minimum Gasteiger partial charge on any atom is -0.497 e. The third-order valence-electron chi connectivity index (χ3n) is 7.78. The van der Waals surface area contributed by atoms with Crippen LogP contribution >= 0.6 is 11.3 Å². The summed E-state index contributed by atoms with van der Waals surface area (Å²) in [5, 5.41) is 5.16. The number of benzene rings is 1. The van der Waals surface area contributed by atoms with Crippen molar-refractivity contribution < 1.29 is 23.9 Å². The van der Waals surface area contributed by atoms with Crippen LogP contribution < -0.4 is 10.1 Å². The van der Waals surface area contributed by atoms with Gasteiger partial charge in [0.15, 0.2) is 0 Å². The third kappa shape index (κ3) is 6.43. The predicted octanol–water partition coefficient (Wildman–Crippen LogP) is 1.25. The van der Waals surface area contributed by atoms with Crippen LogP contribution in [0.3, 0.4) is 0 Å². The van der Waals surface area contributed by atoms with Crippen LogP contribution in [0.4, 0.5) is 0 Å². The molecule has 4 heterocycles. The van der Waals surface area contributed by atoms with Gasteiger partial charge in [0, 0.05) is 64.5 Å². The summed E-state index contributed by atoms with van der Waals surface area (Å²) in [5.74, 6) is 0.399. The van der Waals surface area contributed by atoms with Crippen LogP contribution in [0.5, 0.6) is 5.75 Å². The summed E-state index contributed by atoms with van der Waals surface area (Å²) in [6.07, 6.45) is 0.422. The maximum Gasteiger partial charge on any atom is 0.264 e. The molecule has 3 aliphatic rings. The number of likely N-dealkylation sites (tertiary alicyclic amines) is 1. The molecule has 11 heteroatoms. The van der Waals surface area contributed by atoms with E-state index >= 15 is 0 Å². The summed E-state index contributed by atoms with van der Waals surface area (Å²) < 4.78 is 10.8. The minimum atomic E-state index is -0.600. The monoisotopic (exact) mass is 555 g/mol. The highest BCUT2D eigenvalue weighted by molar-refractivity contribution is 7.12. The minimum absolute atomic E-state index is 0.0334. The number of piperazine rings is 1. The second-order valence-electron chi connectivity index (χ2n) is 10.1. The molecule has 210 valence electrons. The van der Waals surface area contributed by atoms with Gasteiger partial charge in [0.25, 0.3) is 11.8 Å². The van der Waals surface area contributed by atoms with E-state index in [9.17, 15) is 14.4 Å². The van der Waals surface area contributed by atoms with Crippen molar-refractivity contribution in [3.63, 3.8) is 0 Å². The number of methoxy groups -OCH3 is 1. The average Bonchev–Trinajstić information content (AvgIpc) is 3.69. The van der Waals surface area contributed by atoms with Crippen molar-refractivity contribution >= 4 is 29.1 Å². The van der Waals surface area contributed by atoms with Gasteiger partial charge in [-0.25, -0.2) is 0 Å². The van der Waals surface area contributed by atoms with Crippen molar-refractivity contribution in [2.24, 2.45) is 0 Å². The smallest absolute Gasteiger partial charge is 0.264 e. The number of nitrogens with zero attached hydrogens (tertiary/aromatic N) is 4. The maximum absolute atomic E-state index is 13.9. The fourth-order valence-electron chi connectivity index (χ4n) is 5.56. The molecule has 2 aromatic rings. The Bertz CT molecular complexity index is 1120. The molecular weight excluding hydrogens is 518 g/mol. The van der Waals surface area contributed by atoms with Gasteiger partial charge in [-0.3, -0.25) is 19.3 Å². The summed E-state index contributed by atoms with van der Waals surface area (Å²) in [6.45, 7) is 7.25. The highest BCUT2D eigenvalue weighted by Crippen LogP contribution is 2.28. The van der Waals surface area contributed by atoms with Crippen LogP contribution in [0.2, 0.25) is 0 Å². The summed E-state index contributed by atoms with van der Waals surface area (Å²) in [6, 6.07) is 9.88. The van der Waals surface area contributed by atoms with Crippen molar-refractivity contribution in [2.75, 3.05) is 79.2 Å². The molecule has 0 saturated carbocycles. The molecule has 3 fully saturated rings. The Morgan fingerprint density at radius 3 is 2.49 bits per heavy atom. The van der Waals surface area contributed by atoms with E-state index in [-0.39, 0.29) is 23.8 Å². The number of morpholine rings is 1. The first-order valence-electron chi connectivity index (χ1n) is 13.6. The molecule has 1 aromatic carbocycles. The Morgan fingerprint density at radius 2 is 1.82 bits per heavy atom. The van der Waals surface area contributed by atoms with E-state index in [0.717, 1.165) is 26.2 Å². The van der Waals surface area contributed by atoms with E-state index in [2.05, 4.69) is 10.2 Å². The van der Waals surface area contributed by atoms with Gasteiger partial charge in [-0.1, -0.05) is 6.07 Å². The second kappa shape index (κ2) is 12.9. The molecule has 0 bridgehead atoms. The summed E-state index contributed by atoms with van der Waals surface area (Å²) >= 11 is 1.38. The van der Waals surface area contributed by atoms with Gasteiger partial charge in [-0.15, -0.1) is 11.3 Å². The molecule has 3 saturated heterocycles. The SMILES string of the molecule is COc1ccc(C(=O)N(CCN2CCOCC2)C2CC(C(=O)N3CCNCC3)N(C(=O)c3cccs3)C2)cc1. The molecule has 39 heavy (non-hydrogen) atoms. The zero-order chi connectivity index (χ0) is 27.2. The van der Waals surface area contributed by atoms with Crippen LogP contribution in [-0.2, 0) is 9.53 Å². The quantitative estimate of drug-likeness (QED) is 0.524. The largest absolute Gasteiger partial charge is 0.497 e. The van der Waals surface area contributed by atoms with E-state index < -0.39 is 6.04 Å². The highest BCUT2D eigenvalue weighted by atomic mass is 32.1. The molecule has 3 amide bonds. The first-order chi connectivity index (χ1) is 19.0. The molecule has 1 aromatic heterocycles. The van der Waals surface area contributed by atoms with Gasteiger partial charge in [-0.05, 0) is 42.1 Å². The number of hydrogen-bond donors (Lipinski definition) is 1. The highest BCUT2D eigenvalue weighted by Gasteiger charge is 2.45. The van der Waals surface area contributed by atoms with Crippen LogP contribution in [0.25, 0.3) is 0 Å².